The smallest absolute Gasteiger partial charge is 0.276 e. The van der Waals surface area contributed by atoms with Crippen molar-refractivity contribution < 1.29 is 4.52 Å². The van der Waals surface area contributed by atoms with Crippen LogP contribution < -0.4 is 10.6 Å². The number of hydrogen-bond acceptors (Lipinski definition) is 5. The molecule has 1 aliphatic rings. The van der Waals surface area contributed by atoms with Crippen LogP contribution in [0, 0.1) is 5.41 Å². The highest BCUT2D eigenvalue weighted by Crippen LogP contribution is 2.34. The number of aliphatic imine (C=N–C) groups is 1. The topological polar surface area (TPSA) is 88.2 Å². The minimum Gasteiger partial charge on any atom is -0.357 e. The molecule has 28 heavy (non-hydrogen) atoms. The number of halogens is 1. The van der Waals surface area contributed by atoms with Crippen LogP contribution >= 0.6 is 24.0 Å². The van der Waals surface area contributed by atoms with E-state index in [-0.39, 0.29) is 24.0 Å². The monoisotopic (exact) mass is 498 g/mol. The van der Waals surface area contributed by atoms with Crippen LogP contribution in [-0.2, 0) is 6.42 Å². The van der Waals surface area contributed by atoms with Gasteiger partial charge in [-0.1, -0.05) is 25.1 Å². The van der Waals surface area contributed by atoms with Crippen molar-refractivity contribution in [2.24, 2.45) is 10.4 Å². The predicted octanol–water partition coefficient (Wildman–Crippen LogP) is 3.82. The number of pyridine rings is 1. The summed E-state index contributed by atoms with van der Waals surface area (Å²) in [7, 11) is 0. The highest BCUT2D eigenvalue weighted by molar-refractivity contribution is 14.0. The Balaban J connectivity index is 0.00000280. The lowest BCUT2D eigenvalue weighted by Gasteiger charge is -2.35. The molecule has 7 nitrogen and oxygen atoms in total. The van der Waals surface area contributed by atoms with Gasteiger partial charge in [-0.2, -0.15) is 4.98 Å². The molecule has 0 bridgehead atoms. The third kappa shape index (κ3) is 6.72. The fourth-order valence-electron chi connectivity index (χ4n) is 3.27. The van der Waals surface area contributed by atoms with Crippen molar-refractivity contribution in [3.8, 4) is 11.6 Å². The Labute approximate surface area is 184 Å². The molecule has 2 aromatic rings. The summed E-state index contributed by atoms with van der Waals surface area (Å²) in [6, 6.07) is 6.11. The molecule has 1 fully saturated rings. The molecule has 0 aromatic carbocycles. The molecule has 2 heterocycles. The summed E-state index contributed by atoms with van der Waals surface area (Å²) in [5, 5.41) is 10.9. The van der Waals surface area contributed by atoms with E-state index in [1.54, 1.807) is 6.20 Å². The van der Waals surface area contributed by atoms with Gasteiger partial charge < -0.3 is 15.2 Å². The first-order valence-corrected chi connectivity index (χ1v) is 9.84. The first-order chi connectivity index (χ1) is 13.1. The Kier molecular flexibility index (Phi) is 8.65. The molecule has 8 heteroatoms. The molecule has 0 unspecified atom stereocenters. The third-order valence-electron chi connectivity index (χ3n) is 4.98. The molecule has 2 N–H and O–H groups in total. The van der Waals surface area contributed by atoms with Crippen molar-refractivity contribution in [1.29, 1.82) is 0 Å². The van der Waals surface area contributed by atoms with Gasteiger partial charge in [-0.25, -0.2) is 0 Å². The van der Waals surface area contributed by atoms with E-state index in [0.29, 0.717) is 41.8 Å². The number of guanidine groups is 1. The van der Waals surface area contributed by atoms with Crippen LogP contribution in [0.25, 0.3) is 11.6 Å². The third-order valence-corrected chi connectivity index (χ3v) is 4.98. The van der Waals surface area contributed by atoms with E-state index in [0.717, 1.165) is 12.5 Å². The highest BCUT2D eigenvalue weighted by Gasteiger charge is 2.27. The molecule has 3 rings (SSSR count). The molecule has 0 spiro atoms. The van der Waals surface area contributed by atoms with Crippen LogP contribution in [0.1, 0.15) is 52.3 Å². The maximum absolute atomic E-state index is 5.29. The molecule has 154 valence electrons. The lowest BCUT2D eigenvalue weighted by molar-refractivity contribution is 0.216. The Morgan fingerprint density at radius 2 is 2.07 bits per heavy atom. The number of hydrogen-bond donors (Lipinski definition) is 2. The summed E-state index contributed by atoms with van der Waals surface area (Å²) in [6.45, 7) is 8.24. The quantitative estimate of drug-likeness (QED) is 0.358. The minimum absolute atomic E-state index is 0. The van der Waals surface area contributed by atoms with Crippen LogP contribution in [0.2, 0.25) is 0 Å². The fourth-order valence-corrected chi connectivity index (χ4v) is 3.27. The zero-order valence-electron chi connectivity index (χ0n) is 16.9. The summed E-state index contributed by atoms with van der Waals surface area (Å²) < 4.78 is 5.29. The molecule has 0 radical (unpaired) electrons. The van der Waals surface area contributed by atoms with E-state index in [4.69, 9.17) is 4.52 Å². The van der Waals surface area contributed by atoms with Gasteiger partial charge in [0.15, 0.2) is 11.8 Å². The largest absolute Gasteiger partial charge is 0.357 e. The zero-order chi connectivity index (χ0) is 19.1. The molecule has 1 aliphatic carbocycles. The van der Waals surface area contributed by atoms with Gasteiger partial charge in [0.25, 0.3) is 5.89 Å². The maximum atomic E-state index is 5.29. The van der Waals surface area contributed by atoms with Gasteiger partial charge in [0.1, 0.15) is 5.69 Å². The van der Waals surface area contributed by atoms with E-state index < -0.39 is 0 Å². The summed E-state index contributed by atoms with van der Waals surface area (Å²) >= 11 is 0. The average Bonchev–Trinajstić information content (AvgIpc) is 3.13. The fraction of sp³-hybridized carbons (Fsp3) is 0.600. The Bertz CT molecular complexity index is 736. The zero-order valence-corrected chi connectivity index (χ0v) is 19.3. The average molecular weight is 498 g/mol. The molecular formula is C20H31IN6O. The van der Waals surface area contributed by atoms with Gasteiger partial charge in [-0.15, -0.1) is 24.0 Å². The Morgan fingerprint density at radius 1 is 1.29 bits per heavy atom. The number of aromatic nitrogens is 3. The van der Waals surface area contributed by atoms with Gasteiger partial charge >= 0.3 is 0 Å². The van der Waals surface area contributed by atoms with Crippen molar-refractivity contribution in [2.45, 2.75) is 58.9 Å². The summed E-state index contributed by atoms with van der Waals surface area (Å²) in [4.78, 5) is 13.3. The van der Waals surface area contributed by atoms with Crippen LogP contribution in [0.15, 0.2) is 33.9 Å². The van der Waals surface area contributed by atoms with E-state index in [9.17, 15) is 0 Å². The van der Waals surface area contributed by atoms with Crippen molar-refractivity contribution >= 4 is 29.9 Å². The normalized spacial score (nSPS) is 17.0. The molecule has 0 saturated heterocycles. The van der Waals surface area contributed by atoms with Gasteiger partial charge in [0.05, 0.1) is 0 Å². The van der Waals surface area contributed by atoms with Crippen molar-refractivity contribution in [2.75, 3.05) is 13.1 Å². The highest BCUT2D eigenvalue weighted by atomic mass is 127. The molecule has 1 saturated carbocycles. The van der Waals surface area contributed by atoms with Crippen LogP contribution in [0.3, 0.4) is 0 Å². The SMILES string of the molecule is CCNC(=NCCc1noc(-c2ccccn2)n1)NC1CCC(C)(C)CC1.I. The van der Waals surface area contributed by atoms with Gasteiger partial charge in [0, 0.05) is 31.7 Å². The first-order valence-electron chi connectivity index (χ1n) is 9.84. The molecule has 2 aromatic heterocycles. The van der Waals surface area contributed by atoms with Crippen molar-refractivity contribution in [1.82, 2.24) is 25.8 Å². The van der Waals surface area contributed by atoms with Crippen LogP contribution in [0.4, 0.5) is 0 Å². The van der Waals surface area contributed by atoms with E-state index >= 15 is 0 Å². The van der Waals surface area contributed by atoms with Crippen LogP contribution in [-0.4, -0.2) is 40.2 Å². The second-order valence-corrected chi connectivity index (χ2v) is 7.82. The van der Waals surface area contributed by atoms with Gasteiger partial charge in [0.2, 0.25) is 0 Å². The Morgan fingerprint density at radius 3 is 2.75 bits per heavy atom. The number of nitrogens with one attached hydrogen (secondary N) is 2. The summed E-state index contributed by atoms with van der Waals surface area (Å²) in [6.07, 6.45) is 7.23. The van der Waals surface area contributed by atoms with Crippen LogP contribution in [0.5, 0.6) is 0 Å². The lowest BCUT2D eigenvalue weighted by Crippen LogP contribution is -2.45. The molecule has 0 atom stereocenters. The van der Waals surface area contributed by atoms with Gasteiger partial charge in [-0.3, -0.25) is 9.98 Å². The second kappa shape index (κ2) is 10.7. The first kappa shape index (κ1) is 22.6. The lowest BCUT2D eigenvalue weighted by atomic mass is 9.75. The second-order valence-electron chi connectivity index (χ2n) is 7.82. The summed E-state index contributed by atoms with van der Waals surface area (Å²) in [5.41, 5.74) is 1.16. The standard InChI is InChI=1S/C20H30N6O.HI/c1-4-21-19(24-15-8-11-20(2,3)12-9-15)23-14-10-17-25-18(27-26-17)16-7-5-6-13-22-16;/h5-7,13,15H,4,8-12,14H2,1-3H3,(H2,21,23,24);1H. The Hall–Kier alpha value is -1.71. The predicted molar refractivity (Wildman–Crippen MR) is 122 cm³/mol. The molecular weight excluding hydrogens is 467 g/mol. The minimum atomic E-state index is 0. The van der Waals surface area contributed by atoms with Crippen molar-refractivity contribution in [3.63, 3.8) is 0 Å². The molecule has 0 amide bonds. The van der Waals surface area contributed by atoms with Crippen molar-refractivity contribution in [3.05, 3.63) is 30.2 Å². The van der Waals surface area contributed by atoms with E-state index in [1.807, 2.05) is 18.2 Å². The summed E-state index contributed by atoms with van der Waals surface area (Å²) in [5.74, 6) is 1.97. The van der Waals surface area contributed by atoms with Gasteiger partial charge in [-0.05, 0) is 50.2 Å². The maximum Gasteiger partial charge on any atom is 0.276 e. The number of rotatable bonds is 6. The number of nitrogens with zero attached hydrogens (tertiary/aromatic N) is 4. The van der Waals surface area contributed by atoms with E-state index in [2.05, 4.69) is 51.5 Å². The van der Waals surface area contributed by atoms with E-state index in [1.165, 1.54) is 25.7 Å². The molecule has 0 aliphatic heterocycles.